The average molecular weight is 220 g/mol. The van der Waals surface area contributed by atoms with Crippen LogP contribution in [-0.2, 0) is 0 Å². The van der Waals surface area contributed by atoms with Gasteiger partial charge in [-0.15, -0.1) is 0 Å². The zero-order valence-corrected chi connectivity index (χ0v) is 8.99. The number of nitrogens with one attached hydrogen (secondary N) is 1. The van der Waals surface area contributed by atoms with Gasteiger partial charge < -0.3 is 5.32 Å². The third kappa shape index (κ3) is 2.44. The Morgan fingerprint density at radius 2 is 2.07 bits per heavy atom. The van der Waals surface area contributed by atoms with Crippen LogP contribution in [0.25, 0.3) is 0 Å². The largest absolute Gasteiger partial charge is 0.339 e. The standard InChI is InChI=1S/C11H10ClN3/c1-8-4-5-13-7-10(8)15-11-3-2-9(12)6-14-11/h2-7H,1H3,(H,14,15). The summed E-state index contributed by atoms with van der Waals surface area (Å²) in [4.78, 5) is 8.19. The average Bonchev–Trinajstić information content (AvgIpc) is 2.25. The molecule has 0 saturated carbocycles. The molecule has 0 aliphatic heterocycles. The van der Waals surface area contributed by atoms with Gasteiger partial charge in [-0.1, -0.05) is 11.6 Å². The first kappa shape index (κ1) is 9.93. The molecule has 0 saturated heterocycles. The molecule has 3 nitrogen and oxygen atoms in total. The number of nitrogens with zero attached hydrogens (tertiary/aromatic N) is 2. The monoisotopic (exact) mass is 219 g/mol. The zero-order valence-electron chi connectivity index (χ0n) is 8.24. The number of aryl methyl sites for hydroxylation is 1. The quantitative estimate of drug-likeness (QED) is 0.843. The van der Waals surface area contributed by atoms with Crippen LogP contribution in [0, 0.1) is 6.92 Å². The summed E-state index contributed by atoms with van der Waals surface area (Å²) in [6.45, 7) is 2.01. The van der Waals surface area contributed by atoms with E-state index in [0.717, 1.165) is 17.1 Å². The Bertz CT molecular complexity index is 454. The van der Waals surface area contributed by atoms with Gasteiger partial charge in [0.25, 0.3) is 0 Å². The van der Waals surface area contributed by atoms with Gasteiger partial charge >= 0.3 is 0 Å². The number of hydrogen-bond acceptors (Lipinski definition) is 3. The number of anilines is 2. The molecule has 2 rings (SSSR count). The van der Waals surface area contributed by atoms with Crippen molar-refractivity contribution in [2.75, 3.05) is 5.32 Å². The van der Waals surface area contributed by atoms with Crippen molar-refractivity contribution in [3.05, 3.63) is 47.4 Å². The number of hydrogen-bond donors (Lipinski definition) is 1. The van der Waals surface area contributed by atoms with Crippen LogP contribution in [0.4, 0.5) is 11.5 Å². The SMILES string of the molecule is Cc1ccncc1Nc1ccc(Cl)cn1. The lowest BCUT2D eigenvalue weighted by Crippen LogP contribution is -1.95. The highest BCUT2D eigenvalue weighted by molar-refractivity contribution is 6.30. The minimum absolute atomic E-state index is 0.628. The van der Waals surface area contributed by atoms with Crippen LogP contribution in [0.5, 0.6) is 0 Å². The second kappa shape index (κ2) is 4.28. The van der Waals surface area contributed by atoms with Gasteiger partial charge in [0.1, 0.15) is 5.82 Å². The van der Waals surface area contributed by atoms with Gasteiger partial charge in [0.15, 0.2) is 0 Å². The van der Waals surface area contributed by atoms with E-state index in [-0.39, 0.29) is 0 Å². The first-order valence-corrected chi connectivity index (χ1v) is 4.93. The molecule has 0 aliphatic rings. The fourth-order valence-electron chi connectivity index (χ4n) is 1.18. The Hall–Kier alpha value is -1.61. The lowest BCUT2D eigenvalue weighted by atomic mass is 10.2. The fraction of sp³-hybridized carbons (Fsp3) is 0.0909. The highest BCUT2D eigenvalue weighted by Gasteiger charge is 1.98. The highest BCUT2D eigenvalue weighted by Crippen LogP contribution is 2.18. The summed E-state index contributed by atoms with van der Waals surface area (Å²) < 4.78 is 0. The zero-order chi connectivity index (χ0) is 10.7. The summed E-state index contributed by atoms with van der Waals surface area (Å²) in [7, 11) is 0. The molecular weight excluding hydrogens is 210 g/mol. The molecule has 1 N–H and O–H groups in total. The minimum atomic E-state index is 0.628. The van der Waals surface area contributed by atoms with Gasteiger partial charge in [-0.2, -0.15) is 0 Å². The van der Waals surface area contributed by atoms with Crippen molar-refractivity contribution in [1.82, 2.24) is 9.97 Å². The number of pyridine rings is 2. The Kier molecular flexibility index (Phi) is 2.83. The van der Waals surface area contributed by atoms with Gasteiger partial charge in [-0.05, 0) is 30.7 Å². The Morgan fingerprint density at radius 3 is 2.73 bits per heavy atom. The smallest absolute Gasteiger partial charge is 0.130 e. The van der Waals surface area contributed by atoms with Crippen LogP contribution in [0.2, 0.25) is 5.02 Å². The molecule has 0 fully saturated rings. The summed E-state index contributed by atoms with van der Waals surface area (Å²) in [5.41, 5.74) is 2.08. The Morgan fingerprint density at radius 1 is 1.20 bits per heavy atom. The van der Waals surface area contributed by atoms with Crippen molar-refractivity contribution in [2.45, 2.75) is 6.92 Å². The van der Waals surface area contributed by atoms with Crippen molar-refractivity contribution < 1.29 is 0 Å². The van der Waals surface area contributed by atoms with Crippen molar-refractivity contribution in [3.63, 3.8) is 0 Å². The summed E-state index contributed by atoms with van der Waals surface area (Å²) in [6, 6.07) is 5.57. The summed E-state index contributed by atoms with van der Waals surface area (Å²) in [5.74, 6) is 0.760. The van der Waals surface area contributed by atoms with Crippen molar-refractivity contribution in [3.8, 4) is 0 Å². The van der Waals surface area contributed by atoms with E-state index >= 15 is 0 Å². The lowest BCUT2D eigenvalue weighted by molar-refractivity contribution is 1.25. The Labute approximate surface area is 93.1 Å². The second-order valence-electron chi connectivity index (χ2n) is 3.18. The minimum Gasteiger partial charge on any atom is -0.339 e. The molecule has 0 bridgehead atoms. The second-order valence-corrected chi connectivity index (χ2v) is 3.61. The first-order valence-electron chi connectivity index (χ1n) is 4.55. The molecule has 15 heavy (non-hydrogen) atoms. The van der Waals surface area contributed by atoms with Gasteiger partial charge in [0, 0.05) is 12.4 Å². The molecule has 76 valence electrons. The topological polar surface area (TPSA) is 37.8 Å². The van der Waals surface area contributed by atoms with Crippen LogP contribution >= 0.6 is 11.6 Å². The van der Waals surface area contributed by atoms with Crippen LogP contribution in [0.1, 0.15) is 5.56 Å². The maximum absolute atomic E-state index is 5.74. The number of aromatic nitrogens is 2. The maximum atomic E-state index is 5.74. The maximum Gasteiger partial charge on any atom is 0.130 e. The molecule has 0 radical (unpaired) electrons. The Balaban J connectivity index is 2.22. The lowest BCUT2D eigenvalue weighted by Gasteiger charge is -2.07. The van der Waals surface area contributed by atoms with E-state index in [0.29, 0.717) is 5.02 Å². The molecular formula is C11H10ClN3. The van der Waals surface area contributed by atoms with E-state index in [4.69, 9.17) is 11.6 Å². The van der Waals surface area contributed by atoms with Gasteiger partial charge in [-0.3, -0.25) is 4.98 Å². The van der Waals surface area contributed by atoms with E-state index in [1.54, 1.807) is 24.7 Å². The molecule has 2 aromatic rings. The molecule has 0 spiro atoms. The van der Waals surface area contributed by atoms with Crippen LogP contribution in [0.3, 0.4) is 0 Å². The van der Waals surface area contributed by atoms with Crippen LogP contribution in [-0.4, -0.2) is 9.97 Å². The molecule has 0 unspecified atom stereocenters. The van der Waals surface area contributed by atoms with E-state index in [9.17, 15) is 0 Å². The highest BCUT2D eigenvalue weighted by atomic mass is 35.5. The van der Waals surface area contributed by atoms with Crippen molar-refractivity contribution in [2.24, 2.45) is 0 Å². The van der Waals surface area contributed by atoms with E-state index < -0.39 is 0 Å². The number of rotatable bonds is 2. The molecule has 0 aliphatic carbocycles. The fourth-order valence-corrected chi connectivity index (χ4v) is 1.29. The predicted molar refractivity (Wildman–Crippen MR) is 61.5 cm³/mol. The van der Waals surface area contributed by atoms with Crippen LogP contribution < -0.4 is 5.32 Å². The molecule has 0 amide bonds. The molecule has 0 atom stereocenters. The third-order valence-electron chi connectivity index (χ3n) is 2.03. The normalized spacial score (nSPS) is 10.0. The van der Waals surface area contributed by atoms with Gasteiger partial charge in [-0.25, -0.2) is 4.98 Å². The number of halogens is 1. The molecule has 0 aromatic carbocycles. The predicted octanol–water partition coefficient (Wildman–Crippen LogP) is 3.18. The molecule has 2 aromatic heterocycles. The summed E-state index contributed by atoms with van der Waals surface area (Å²) in [5, 5.41) is 3.80. The first-order chi connectivity index (χ1) is 7.25. The molecule has 2 heterocycles. The van der Waals surface area contributed by atoms with Gasteiger partial charge in [0.05, 0.1) is 16.9 Å². The van der Waals surface area contributed by atoms with E-state index in [1.165, 1.54) is 0 Å². The van der Waals surface area contributed by atoms with Crippen molar-refractivity contribution in [1.29, 1.82) is 0 Å². The summed E-state index contributed by atoms with van der Waals surface area (Å²) >= 11 is 5.74. The third-order valence-corrected chi connectivity index (χ3v) is 2.25. The van der Waals surface area contributed by atoms with Crippen molar-refractivity contribution >= 4 is 23.1 Å². The molecule has 4 heteroatoms. The van der Waals surface area contributed by atoms with E-state index in [1.807, 2.05) is 19.1 Å². The summed E-state index contributed by atoms with van der Waals surface area (Å²) in [6.07, 6.45) is 5.14. The van der Waals surface area contributed by atoms with E-state index in [2.05, 4.69) is 15.3 Å². The van der Waals surface area contributed by atoms with Crippen LogP contribution in [0.15, 0.2) is 36.8 Å². The van der Waals surface area contributed by atoms with Gasteiger partial charge in [0.2, 0.25) is 0 Å².